The fourth-order valence-corrected chi connectivity index (χ4v) is 7.45. The number of nitrogens with two attached hydrogens (primary N) is 1. The number of thioether (sulfide) groups is 1. The van der Waals surface area contributed by atoms with Crippen molar-refractivity contribution < 1.29 is 14.3 Å². The quantitative estimate of drug-likeness (QED) is 0.451. The smallest absolute Gasteiger partial charge is 0.326 e. The Morgan fingerprint density at radius 3 is 2.73 bits per heavy atom. The summed E-state index contributed by atoms with van der Waals surface area (Å²) in [5, 5.41) is 10.2. The summed E-state index contributed by atoms with van der Waals surface area (Å²) in [6.07, 6.45) is 4.74. The SMILES string of the molecule is N[C@H]1CCCC[C@H]1NC(=O)C1=C2NC(=O)N(c3ccc(Oc4ccccc4)c(Cl)c3)C3CCNC(S1)C23. The van der Waals surface area contributed by atoms with Crippen LogP contribution >= 0.6 is 23.4 Å². The summed E-state index contributed by atoms with van der Waals surface area (Å²) < 4.78 is 5.91. The van der Waals surface area contributed by atoms with Crippen molar-refractivity contribution in [3.8, 4) is 11.5 Å². The molecule has 0 spiro atoms. The van der Waals surface area contributed by atoms with E-state index in [2.05, 4.69) is 16.0 Å². The molecule has 3 heterocycles. The second-order valence-electron chi connectivity index (χ2n) is 9.98. The van der Waals surface area contributed by atoms with Gasteiger partial charge in [-0.25, -0.2) is 4.79 Å². The summed E-state index contributed by atoms with van der Waals surface area (Å²) in [5.74, 6) is 1.04. The maximum absolute atomic E-state index is 13.5. The van der Waals surface area contributed by atoms with Crippen molar-refractivity contribution >= 4 is 41.0 Å². The molecule has 5 atom stereocenters. The van der Waals surface area contributed by atoms with Gasteiger partial charge in [-0.05, 0) is 56.1 Å². The molecule has 6 rings (SSSR count). The zero-order chi connectivity index (χ0) is 25.5. The van der Waals surface area contributed by atoms with E-state index >= 15 is 0 Å². The third kappa shape index (κ3) is 4.69. The highest BCUT2D eigenvalue weighted by Gasteiger charge is 2.52. The molecule has 2 saturated heterocycles. The summed E-state index contributed by atoms with van der Waals surface area (Å²) in [7, 11) is 0. The van der Waals surface area contributed by atoms with Crippen LogP contribution in [0.2, 0.25) is 5.02 Å². The molecule has 2 aromatic rings. The van der Waals surface area contributed by atoms with Gasteiger partial charge in [-0.3, -0.25) is 9.69 Å². The number of benzene rings is 2. The lowest BCUT2D eigenvalue weighted by atomic mass is 9.86. The maximum atomic E-state index is 13.5. The first-order chi connectivity index (χ1) is 18.0. The molecule has 4 aliphatic rings. The maximum Gasteiger partial charge on any atom is 0.326 e. The van der Waals surface area contributed by atoms with Crippen molar-refractivity contribution in [2.24, 2.45) is 11.7 Å². The highest BCUT2D eigenvalue weighted by Crippen LogP contribution is 2.48. The van der Waals surface area contributed by atoms with Crippen molar-refractivity contribution in [3.63, 3.8) is 0 Å². The zero-order valence-corrected chi connectivity index (χ0v) is 21.9. The molecule has 0 radical (unpaired) electrons. The van der Waals surface area contributed by atoms with Gasteiger partial charge in [0.05, 0.1) is 21.3 Å². The van der Waals surface area contributed by atoms with Crippen LogP contribution in [0.4, 0.5) is 10.5 Å². The van der Waals surface area contributed by atoms with Crippen molar-refractivity contribution in [2.45, 2.75) is 55.6 Å². The summed E-state index contributed by atoms with van der Waals surface area (Å²) in [6, 6.07) is 14.4. The van der Waals surface area contributed by atoms with Crippen LogP contribution in [0.25, 0.3) is 0 Å². The second-order valence-corrected chi connectivity index (χ2v) is 11.5. The largest absolute Gasteiger partial charge is 0.456 e. The van der Waals surface area contributed by atoms with E-state index in [0.29, 0.717) is 32.8 Å². The number of amides is 3. The van der Waals surface area contributed by atoms with Crippen LogP contribution in [0.5, 0.6) is 11.5 Å². The van der Waals surface area contributed by atoms with Gasteiger partial charge in [0.2, 0.25) is 0 Å². The Bertz CT molecular complexity index is 1240. The lowest BCUT2D eigenvalue weighted by Gasteiger charge is -2.45. The number of nitrogens with zero attached hydrogens (tertiary/aromatic N) is 1. The van der Waals surface area contributed by atoms with Gasteiger partial charge in [-0.15, -0.1) is 0 Å². The van der Waals surface area contributed by atoms with Gasteiger partial charge in [0, 0.05) is 29.4 Å². The number of piperidine rings is 1. The minimum Gasteiger partial charge on any atom is -0.456 e. The number of ether oxygens (including phenoxy) is 1. The Morgan fingerprint density at radius 2 is 1.95 bits per heavy atom. The van der Waals surface area contributed by atoms with Gasteiger partial charge in [0.25, 0.3) is 5.91 Å². The molecular formula is C27H30ClN5O3S. The van der Waals surface area contributed by atoms with Crippen LogP contribution in [0, 0.1) is 5.92 Å². The number of carbonyl (C=O) groups is 2. The van der Waals surface area contributed by atoms with Crippen LogP contribution < -0.4 is 31.3 Å². The molecule has 3 unspecified atom stereocenters. The van der Waals surface area contributed by atoms with Crippen molar-refractivity contribution in [3.05, 3.63) is 64.2 Å². The summed E-state index contributed by atoms with van der Waals surface area (Å²) in [6.45, 7) is 0.751. The molecule has 0 aromatic heterocycles. The third-order valence-corrected chi connectivity index (χ3v) is 9.30. The molecule has 1 saturated carbocycles. The van der Waals surface area contributed by atoms with E-state index in [0.717, 1.165) is 38.6 Å². The number of rotatable bonds is 5. The predicted octanol–water partition coefficient (Wildman–Crippen LogP) is 4.31. The zero-order valence-electron chi connectivity index (χ0n) is 20.3. The van der Waals surface area contributed by atoms with Gasteiger partial charge in [-0.1, -0.05) is 54.4 Å². The van der Waals surface area contributed by atoms with E-state index in [4.69, 9.17) is 22.1 Å². The molecule has 2 aromatic carbocycles. The molecule has 8 nitrogen and oxygen atoms in total. The van der Waals surface area contributed by atoms with Crippen LogP contribution in [-0.4, -0.2) is 42.0 Å². The Labute approximate surface area is 225 Å². The first kappa shape index (κ1) is 24.6. The highest BCUT2D eigenvalue weighted by molar-refractivity contribution is 8.04. The molecule has 194 valence electrons. The molecule has 5 N–H and O–H groups in total. The minimum absolute atomic E-state index is 0.00814. The number of hydrogen-bond donors (Lipinski definition) is 4. The summed E-state index contributed by atoms with van der Waals surface area (Å²) >= 11 is 8.09. The van der Waals surface area contributed by atoms with E-state index in [1.165, 1.54) is 11.8 Å². The van der Waals surface area contributed by atoms with Crippen LogP contribution in [0.15, 0.2) is 59.1 Å². The normalized spacial score (nSPS) is 29.0. The average Bonchev–Trinajstić information content (AvgIpc) is 3.27. The topological polar surface area (TPSA) is 109 Å². The molecule has 3 fully saturated rings. The van der Waals surface area contributed by atoms with Gasteiger partial charge >= 0.3 is 6.03 Å². The predicted molar refractivity (Wildman–Crippen MR) is 146 cm³/mol. The van der Waals surface area contributed by atoms with Gasteiger partial charge in [0.1, 0.15) is 11.5 Å². The molecule has 3 amide bonds. The number of anilines is 1. The average molecular weight is 540 g/mol. The van der Waals surface area contributed by atoms with Crippen LogP contribution in [0.3, 0.4) is 0 Å². The fraction of sp³-hybridized carbons (Fsp3) is 0.407. The van der Waals surface area contributed by atoms with Crippen molar-refractivity contribution in [1.82, 2.24) is 16.0 Å². The molecular weight excluding hydrogens is 510 g/mol. The Hall–Kier alpha value is -2.72. The lowest BCUT2D eigenvalue weighted by Crippen LogP contribution is -2.62. The molecule has 3 aliphatic heterocycles. The first-order valence-corrected chi connectivity index (χ1v) is 14.1. The first-order valence-electron chi connectivity index (χ1n) is 12.8. The van der Waals surface area contributed by atoms with E-state index in [1.807, 2.05) is 36.4 Å². The Morgan fingerprint density at radius 1 is 1.14 bits per heavy atom. The monoisotopic (exact) mass is 539 g/mol. The number of carbonyl (C=O) groups excluding carboxylic acids is 2. The van der Waals surface area contributed by atoms with E-state index < -0.39 is 0 Å². The molecule has 1 aliphatic carbocycles. The molecule has 10 heteroatoms. The number of halogens is 1. The van der Waals surface area contributed by atoms with Crippen molar-refractivity contribution in [2.75, 3.05) is 11.4 Å². The minimum atomic E-state index is -0.258. The standard InChI is InChI=1S/C27H30ClN5O3S/c28-17-14-15(10-11-21(17)36-16-6-2-1-3-7-16)33-20-12-13-30-26-22(20)23(32-27(33)35)24(37-26)25(34)31-19-9-5-4-8-18(19)29/h1-3,6-7,10-11,14,18-20,22,26,30H,4-5,8-9,12-13,29H2,(H,31,34)(H,32,35)/t18-,19+,20?,22?,26?/m0/s1. The van der Waals surface area contributed by atoms with Crippen molar-refractivity contribution in [1.29, 1.82) is 0 Å². The lowest BCUT2D eigenvalue weighted by molar-refractivity contribution is -0.117. The Kier molecular flexibility index (Phi) is 6.79. The number of para-hydroxylation sites is 1. The van der Waals surface area contributed by atoms with E-state index in [9.17, 15) is 9.59 Å². The number of hydrogen-bond acceptors (Lipinski definition) is 6. The molecule has 0 bridgehead atoms. The highest BCUT2D eigenvalue weighted by atomic mass is 35.5. The van der Waals surface area contributed by atoms with Gasteiger partial charge < -0.3 is 26.4 Å². The third-order valence-electron chi connectivity index (χ3n) is 7.65. The van der Waals surface area contributed by atoms with Crippen LogP contribution in [-0.2, 0) is 4.79 Å². The van der Waals surface area contributed by atoms with E-state index in [1.54, 1.807) is 17.0 Å². The Balaban J connectivity index is 1.25. The fourth-order valence-electron chi connectivity index (χ4n) is 5.83. The second kappa shape index (κ2) is 10.2. The number of urea groups is 1. The molecule has 37 heavy (non-hydrogen) atoms. The summed E-state index contributed by atoms with van der Waals surface area (Å²) in [4.78, 5) is 29.1. The van der Waals surface area contributed by atoms with Gasteiger partial charge in [-0.2, -0.15) is 0 Å². The van der Waals surface area contributed by atoms with Gasteiger partial charge in [0.15, 0.2) is 0 Å². The van der Waals surface area contributed by atoms with Crippen LogP contribution in [0.1, 0.15) is 32.1 Å². The number of nitrogens with one attached hydrogen (secondary N) is 3. The van der Waals surface area contributed by atoms with E-state index in [-0.39, 0.29) is 41.4 Å². The summed E-state index contributed by atoms with van der Waals surface area (Å²) in [5.41, 5.74) is 7.68.